The van der Waals surface area contributed by atoms with Crippen molar-refractivity contribution >= 4 is 17.5 Å². The van der Waals surface area contributed by atoms with Crippen molar-refractivity contribution in [3.63, 3.8) is 0 Å². The Kier molecular flexibility index (Phi) is 6.71. The highest BCUT2D eigenvalue weighted by atomic mass is 19.1. The van der Waals surface area contributed by atoms with Gasteiger partial charge in [0.1, 0.15) is 11.6 Å². The summed E-state index contributed by atoms with van der Waals surface area (Å²) in [6.45, 7) is 2.50. The van der Waals surface area contributed by atoms with E-state index in [2.05, 4.69) is 5.32 Å². The van der Waals surface area contributed by atoms with E-state index in [0.29, 0.717) is 26.2 Å². The quantitative estimate of drug-likeness (QED) is 0.829. The second-order valence-electron chi connectivity index (χ2n) is 6.81. The van der Waals surface area contributed by atoms with Gasteiger partial charge in [0, 0.05) is 38.3 Å². The second-order valence-corrected chi connectivity index (χ2v) is 6.81. The van der Waals surface area contributed by atoms with Gasteiger partial charge in [0.15, 0.2) is 0 Å². The van der Waals surface area contributed by atoms with Gasteiger partial charge >= 0.3 is 0 Å². The molecule has 0 spiro atoms. The van der Waals surface area contributed by atoms with Crippen molar-refractivity contribution in [2.75, 3.05) is 38.0 Å². The summed E-state index contributed by atoms with van der Waals surface area (Å²) in [5.41, 5.74) is 0.968. The molecule has 1 aliphatic heterocycles. The normalized spacial score (nSPS) is 14.7. The number of hydrogen-bond acceptors (Lipinski definition) is 3. The van der Waals surface area contributed by atoms with Crippen LogP contribution in [0.3, 0.4) is 0 Å². The molecule has 7 heteroatoms. The highest BCUT2D eigenvalue weighted by Crippen LogP contribution is 2.13. The van der Waals surface area contributed by atoms with Crippen LogP contribution in [0.4, 0.5) is 14.5 Å². The van der Waals surface area contributed by atoms with Crippen molar-refractivity contribution in [1.82, 2.24) is 9.80 Å². The molecule has 0 atom stereocenters. The molecule has 0 bridgehead atoms. The van der Waals surface area contributed by atoms with Gasteiger partial charge in [0.25, 0.3) is 0 Å². The fourth-order valence-electron chi connectivity index (χ4n) is 3.22. The summed E-state index contributed by atoms with van der Waals surface area (Å²) >= 11 is 0. The van der Waals surface area contributed by atoms with Crippen LogP contribution < -0.4 is 5.32 Å². The van der Waals surface area contributed by atoms with E-state index in [0.717, 1.165) is 23.9 Å². The van der Waals surface area contributed by atoms with Crippen molar-refractivity contribution in [3.05, 3.63) is 65.7 Å². The number of benzene rings is 2. The summed E-state index contributed by atoms with van der Waals surface area (Å²) in [6, 6.07) is 12.5. The fourth-order valence-corrected chi connectivity index (χ4v) is 3.22. The van der Waals surface area contributed by atoms with E-state index in [1.54, 1.807) is 4.90 Å². The van der Waals surface area contributed by atoms with Gasteiger partial charge in [-0.2, -0.15) is 0 Å². The number of rotatable bonds is 6. The number of amides is 2. The highest BCUT2D eigenvalue weighted by Gasteiger charge is 2.22. The summed E-state index contributed by atoms with van der Waals surface area (Å²) in [7, 11) is 0. The molecule has 0 saturated carbocycles. The van der Waals surface area contributed by atoms with Gasteiger partial charge in [-0.25, -0.2) is 8.78 Å². The maximum Gasteiger partial charge on any atom is 0.238 e. The van der Waals surface area contributed by atoms with E-state index >= 15 is 0 Å². The van der Waals surface area contributed by atoms with Crippen LogP contribution in [-0.4, -0.2) is 54.3 Å². The molecule has 1 saturated heterocycles. The summed E-state index contributed by atoms with van der Waals surface area (Å²) in [5, 5.41) is 2.84. The Morgan fingerprint density at radius 2 is 1.68 bits per heavy atom. The number of nitrogens with zero attached hydrogens (tertiary/aromatic N) is 2. The summed E-state index contributed by atoms with van der Waals surface area (Å²) < 4.78 is 26.9. The number of anilines is 1. The zero-order chi connectivity index (χ0) is 19.9. The molecule has 0 aliphatic carbocycles. The molecule has 5 nitrogen and oxygen atoms in total. The van der Waals surface area contributed by atoms with Crippen molar-refractivity contribution in [1.29, 1.82) is 0 Å². The molecule has 148 valence electrons. The number of halogens is 2. The summed E-state index contributed by atoms with van der Waals surface area (Å²) in [4.78, 5) is 28.2. The van der Waals surface area contributed by atoms with Crippen LogP contribution in [0.5, 0.6) is 0 Å². The predicted octanol–water partition coefficient (Wildman–Crippen LogP) is 2.68. The zero-order valence-corrected chi connectivity index (χ0v) is 15.5. The Morgan fingerprint density at radius 1 is 0.964 bits per heavy atom. The number of aryl methyl sites for hydroxylation is 1. The zero-order valence-electron chi connectivity index (χ0n) is 15.5. The Balaban J connectivity index is 1.41. The fraction of sp³-hybridized carbons (Fsp3) is 0.333. The topological polar surface area (TPSA) is 52.7 Å². The molecule has 0 aromatic heterocycles. The van der Waals surface area contributed by atoms with Gasteiger partial charge in [0.05, 0.1) is 6.54 Å². The van der Waals surface area contributed by atoms with Gasteiger partial charge < -0.3 is 10.2 Å². The number of carbonyl (C=O) groups is 2. The Morgan fingerprint density at radius 3 is 2.39 bits per heavy atom. The van der Waals surface area contributed by atoms with Crippen LogP contribution in [-0.2, 0) is 16.0 Å². The monoisotopic (exact) mass is 387 g/mol. The van der Waals surface area contributed by atoms with Crippen molar-refractivity contribution < 1.29 is 18.4 Å². The average molecular weight is 387 g/mol. The third-order valence-electron chi connectivity index (χ3n) is 4.77. The largest absolute Gasteiger partial charge is 0.340 e. The lowest BCUT2D eigenvalue weighted by Gasteiger charge is -2.34. The lowest BCUT2D eigenvalue weighted by atomic mass is 10.1. The Bertz CT molecular complexity index is 822. The average Bonchev–Trinajstić information content (AvgIpc) is 2.69. The van der Waals surface area contributed by atoms with Gasteiger partial charge in [-0.1, -0.05) is 18.2 Å². The molecule has 0 unspecified atom stereocenters. The summed E-state index contributed by atoms with van der Waals surface area (Å²) in [6.07, 6.45) is 0.303. The Hall–Kier alpha value is -2.80. The molecule has 1 heterocycles. The van der Waals surface area contributed by atoms with E-state index in [9.17, 15) is 18.4 Å². The number of piperazine rings is 1. The first kappa shape index (κ1) is 19.9. The lowest BCUT2D eigenvalue weighted by Crippen LogP contribution is -2.50. The smallest absolute Gasteiger partial charge is 0.238 e. The van der Waals surface area contributed by atoms with Crippen LogP contribution in [0.1, 0.15) is 12.0 Å². The van der Waals surface area contributed by atoms with Gasteiger partial charge in [0.2, 0.25) is 11.8 Å². The Labute approximate surface area is 162 Å². The van der Waals surface area contributed by atoms with E-state index in [-0.39, 0.29) is 36.8 Å². The minimum atomic E-state index is -0.508. The maximum absolute atomic E-state index is 13.7. The number of nitrogens with one attached hydrogen (secondary N) is 1. The molecule has 1 N–H and O–H groups in total. The van der Waals surface area contributed by atoms with Crippen LogP contribution in [0.15, 0.2) is 48.5 Å². The second kappa shape index (κ2) is 9.41. The summed E-state index contributed by atoms with van der Waals surface area (Å²) in [5.74, 6) is -1.18. The third kappa shape index (κ3) is 5.60. The van der Waals surface area contributed by atoms with Crippen LogP contribution in [0, 0.1) is 11.6 Å². The lowest BCUT2D eigenvalue weighted by molar-refractivity contribution is -0.133. The van der Waals surface area contributed by atoms with Gasteiger partial charge in [-0.15, -0.1) is 0 Å². The van der Waals surface area contributed by atoms with E-state index in [4.69, 9.17) is 0 Å². The molecule has 3 rings (SSSR count). The van der Waals surface area contributed by atoms with Crippen LogP contribution in [0.25, 0.3) is 0 Å². The van der Waals surface area contributed by atoms with E-state index in [1.165, 1.54) is 0 Å². The standard InChI is InChI=1S/C21H23F2N3O2/c22-17-7-8-19(23)16(14-17)6-9-21(28)26-12-10-25(11-13-26)15-20(27)24-18-4-2-1-3-5-18/h1-5,7-8,14H,6,9-13,15H2,(H,24,27). The van der Waals surface area contributed by atoms with Crippen molar-refractivity contribution in [3.8, 4) is 0 Å². The third-order valence-corrected chi connectivity index (χ3v) is 4.77. The number of hydrogen-bond donors (Lipinski definition) is 1. The molecular weight excluding hydrogens is 364 g/mol. The first-order valence-electron chi connectivity index (χ1n) is 9.30. The molecular formula is C21H23F2N3O2. The highest BCUT2D eigenvalue weighted by molar-refractivity contribution is 5.92. The maximum atomic E-state index is 13.7. The molecule has 2 aromatic carbocycles. The minimum Gasteiger partial charge on any atom is -0.340 e. The number of carbonyl (C=O) groups excluding carboxylic acids is 2. The van der Waals surface area contributed by atoms with Crippen LogP contribution >= 0.6 is 0 Å². The SMILES string of the molecule is O=C(CN1CCN(C(=O)CCc2cc(F)ccc2F)CC1)Nc1ccccc1. The molecule has 2 aromatic rings. The van der Waals surface area contributed by atoms with Gasteiger partial charge in [-0.05, 0) is 42.3 Å². The predicted molar refractivity (Wildman–Crippen MR) is 103 cm³/mol. The van der Waals surface area contributed by atoms with Crippen molar-refractivity contribution in [2.45, 2.75) is 12.8 Å². The molecule has 1 aliphatic rings. The molecule has 2 amide bonds. The van der Waals surface area contributed by atoms with Crippen molar-refractivity contribution in [2.24, 2.45) is 0 Å². The van der Waals surface area contributed by atoms with Gasteiger partial charge in [-0.3, -0.25) is 14.5 Å². The number of para-hydroxylation sites is 1. The molecule has 1 fully saturated rings. The molecule has 0 radical (unpaired) electrons. The first-order chi connectivity index (χ1) is 13.5. The molecule has 28 heavy (non-hydrogen) atoms. The first-order valence-corrected chi connectivity index (χ1v) is 9.30. The van der Waals surface area contributed by atoms with E-state index < -0.39 is 11.6 Å². The van der Waals surface area contributed by atoms with Crippen LogP contribution in [0.2, 0.25) is 0 Å². The minimum absolute atomic E-state index is 0.0861. The van der Waals surface area contributed by atoms with E-state index in [1.807, 2.05) is 35.2 Å².